The fourth-order valence-electron chi connectivity index (χ4n) is 1.80. The molecular weight excluding hydrogens is 243 g/mol. The summed E-state index contributed by atoms with van der Waals surface area (Å²) in [6.07, 6.45) is 4.00. The van der Waals surface area contributed by atoms with Gasteiger partial charge in [0.25, 0.3) is 0 Å². The van der Waals surface area contributed by atoms with Gasteiger partial charge in [0.2, 0.25) is 0 Å². The number of aromatic amines is 1. The fraction of sp³-hybridized carbons (Fsp3) is 0.0714. The zero-order chi connectivity index (χ0) is 13.1. The van der Waals surface area contributed by atoms with E-state index >= 15 is 0 Å². The van der Waals surface area contributed by atoms with Gasteiger partial charge in [-0.25, -0.2) is 9.37 Å². The van der Waals surface area contributed by atoms with Crippen molar-refractivity contribution in [3.63, 3.8) is 0 Å². The molecule has 0 unspecified atom stereocenters. The number of rotatable bonds is 3. The van der Waals surface area contributed by atoms with Crippen LogP contribution in [-0.4, -0.2) is 20.2 Å². The van der Waals surface area contributed by atoms with Crippen LogP contribution in [0.5, 0.6) is 0 Å². The number of nitrogens with zero attached hydrogens (tertiary/aromatic N) is 3. The average Bonchev–Trinajstić information content (AvgIpc) is 2.91. The zero-order valence-electron chi connectivity index (χ0n) is 10.0. The number of hydrogen-bond acceptors (Lipinski definition) is 3. The number of H-pyrrole nitrogens is 1. The molecule has 0 fully saturated rings. The van der Waals surface area contributed by atoms with Crippen LogP contribution in [0.2, 0.25) is 0 Å². The number of halogens is 1. The average molecular weight is 254 g/mol. The van der Waals surface area contributed by atoms with E-state index < -0.39 is 0 Å². The van der Waals surface area contributed by atoms with Crippen LogP contribution in [0.3, 0.4) is 0 Å². The van der Waals surface area contributed by atoms with E-state index in [1.807, 2.05) is 12.1 Å². The van der Waals surface area contributed by atoms with Crippen molar-refractivity contribution in [2.24, 2.45) is 0 Å². The van der Waals surface area contributed by atoms with Gasteiger partial charge in [-0.2, -0.15) is 5.10 Å². The van der Waals surface area contributed by atoms with E-state index in [0.29, 0.717) is 12.2 Å². The van der Waals surface area contributed by atoms with Gasteiger partial charge in [0.05, 0.1) is 0 Å². The van der Waals surface area contributed by atoms with Crippen molar-refractivity contribution in [2.45, 2.75) is 6.42 Å². The molecule has 3 aromatic rings. The van der Waals surface area contributed by atoms with E-state index in [1.54, 1.807) is 24.5 Å². The molecule has 0 atom stereocenters. The lowest BCUT2D eigenvalue weighted by molar-refractivity contribution is 0.627. The lowest BCUT2D eigenvalue weighted by Crippen LogP contribution is -1.91. The summed E-state index contributed by atoms with van der Waals surface area (Å²) in [4.78, 5) is 8.36. The SMILES string of the molecule is Fc1ccc(Cc2nc(-c3ccncc3)n[nH]2)cc1. The van der Waals surface area contributed by atoms with Gasteiger partial charge in [0.15, 0.2) is 5.82 Å². The molecule has 1 N–H and O–H groups in total. The van der Waals surface area contributed by atoms with Crippen molar-refractivity contribution >= 4 is 0 Å². The van der Waals surface area contributed by atoms with Gasteiger partial charge in [-0.3, -0.25) is 10.1 Å². The Morgan fingerprint density at radius 2 is 1.74 bits per heavy atom. The summed E-state index contributed by atoms with van der Waals surface area (Å²) in [6, 6.07) is 10.1. The molecule has 2 aromatic heterocycles. The molecule has 0 aliphatic carbocycles. The minimum Gasteiger partial charge on any atom is -0.265 e. The predicted molar refractivity (Wildman–Crippen MR) is 68.8 cm³/mol. The Kier molecular flexibility index (Phi) is 3.02. The van der Waals surface area contributed by atoms with E-state index in [2.05, 4.69) is 20.2 Å². The molecule has 0 radical (unpaired) electrons. The van der Waals surface area contributed by atoms with Crippen LogP contribution in [0.15, 0.2) is 48.8 Å². The van der Waals surface area contributed by atoms with E-state index in [0.717, 1.165) is 17.0 Å². The maximum absolute atomic E-state index is 12.8. The minimum atomic E-state index is -0.237. The Balaban J connectivity index is 1.80. The summed E-state index contributed by atoms with van der Waals surface area (Å²) in [6.45, 7) is 0. The maximum Gasteiger partial charge on any atom is 0.181 e. The number of nitrogens with one attached hydrogen (secondary N) is 1. The third-order valence-corrected chi connectivity index (χ3v) is 2.76. The van der Waals surface area contributed by atoms with Crippen molar-refractivity contribution < 1.29 is 4.39 Å². The Bertz CT molecular complexity index is 661. The van der Waals surface area contributed by atoms with Crippen LogP contribution in [0.25, 0.3) is 11.4 Å². The van der Waals surface area contributed by atoms with E-state index in [-0.39, 0.29) is 5.82 Å². The smallest absolute Gasteiger partial charge is 0.181 e. The number of benzene rings is 1. The summed E-state index contributed by atoms with van der Waals surface area (Å²) in [5.41, 5.74) is 1.90. The Morgan fingerprint density at radius 3 is 2.47 bits per heavy atom. The number of aromatic nitrogens is 4. The molecule has 0 spiro atoms. The largest absolute Gasteiger partial charge is 0.265 e. The third kappa shape index (κ3) is 2.65. The number of hydrogen-bond donors (Lipinski definition) is 1. The zero-order valence-corrected chi connectivity index (χ0v) is 10.0. The van der Waals surface area contributed by atoms with E-state index in [9.17, 15) is 4.39 Å². The minimum absolute atomic E-state index is 0.237. The normalized spacial score (nSPS) is 10.6. The first-order valence-electron chi connectivity index (χ1n) is 5.87. The van der Waals surface area contributed by atoms with Crippen molar-refractivity contribution in [3.05, 3.63) is 66.0 Å². The summed E-state index contributed by atoms with van der Waals surface area (Å²) >= 11 is 0. The number of pyridine rings is 1. The molecule has 1 aromatic carbocycles. The van der Waals surface area contributed by atoms with Gasteiger partial charge in [0.1, 0.15) is 11.6 Å². The molecule has 5 heteroatoms. The molecule has 0 amide bonds. The van der Waals surface area contributed by atoms with Crippen LogP contribution in [0.4, 0.5) is 4.39 Å². The molecule has 0 aliphatic heterocycles. The quantitative estimate of drug-likeness (QED) is 0.781. The summed E-state index contributed by atoms with van der Waals surface area (Å²) in [5.74, 6) is 1.15. The first-order chi connectivity index (χ1) is 9.31. The second-order valence-corrected chi connectivity index (χ2v) is 4.14. The molecule has 19 heavy (non-hydrogen) atoms. The topological polar surface area (TPSA) is 54.5 Å². The van der Waals surface area contributed by atoms with Gasteiger partial charge in [-0.15, -0.1) is 0 Å². The molecule has 0 aliphatic rings. The summed E-state index contributed by atoms with van der Waals surface area (Å²) < 4.78 is 12.8. The van der Waals surface area contributed by atoms with Gasteiger partial charge in [0, 0.05) is 24.4 Å². The lowest BCUT2D eigenvalue weighted by atomic mass is 10.1. The van der Waals surface area contributed by atoms with E-state index in [1.165, 1.54) is 12.1 Å². The Hall–Kier alpha value is -2.56. The van der Waals surface area contributed by atoms with Gasteiger partial charge in [-0.05, 0) is 29.8 Å². The fourth-order valence-corrected chi connectivity index (χ4v) is 1.80. The van der Waals surface area contributed by atoms with Gasteiger partial charge < -0.3 is 0 Å². The molecule has 0 saturated heterocycles. The summed E-state index contributed by atoms with van der Waals surface area (Å²) in [5, 5.41) is 7.05. The molecule has 0 bridgehead atoms. The Labute approximate surface area is 109 Å². The third-order valence-electron chi connectivity index (χ3n) is 2.76. The van der Waals surface area contributed by atoms with Crippen molar-refractivity contribution in [3.8, 4) is 11.4 Å². The highest BCUT2D eigenvalue weighted by molar-refractivity contribution is 5.53. The molecular formula is C14H11FN4. The standard InChI is InChI=1S/C14H11FN4/c15-12-3-1-10(2-4-12)9-13-17-14(19-18-13)11-5-7-16-8-6-11/h1-8H,9H2,(H,17,18,19). The predicted octanol–water partition coefficient (Wildman–Crippen LogP) is 2.60. The van der Waals surface area contributed by atoms with Gasteiger partial charge >= 0.3 is 0 Å². The lowest BCUT2D eigenvalue weighted by Gasteiger charge is -1.97. The molecule has 2 heterocycles. The molecule has 0 saturated carbocycles. The van der Waals surface area contributed by atoms with Crippen molar-refractivity contribution in [2.75, 3.05) is 0 Å². The van der Waals surface area contributed by atoms with Crippen molar-refractivity contribution in [1.82, 2.24) is 20.2 Å². The van der Waals surface area contributed by atoms with Crippen LogP contribution in [0.1, 0.15) is 11.4 Å². The second-order valence-electron chi connectivity index (χ2n) is 4.14. The first kappa shape index (κ1) is 11.5. The highest BCUT2D eigenvalue weighted by atomic mass is 19.1. The summed E-state index contributed by atoms with van der Waals surface area (Å²) in [7, 11) is 0. The monoisotopic (exact) mass is 254 g/mol. The van der Waals surface area contributed by atoms with Crippen LogP contribution >= 0.6 is 0 Å². The Morgan fingerprint density at radius 1 is 1.00 bits per heavy atom. The second kappa shape index (κ2) is 4.97. The highest BCUT2D eigenvalue weighted by Crippen LogP contribution is 2.14. The van der Waals surface area contributed by atoms with E-state index in [4.69, 9.17) is 0 Å². The van der Waals surface area contributed by atoms with Gasteiger partial charge in [-0.1, -0.05) is 12.1 Å². The molecule has 4 nitrogen and oxygen atoms in total. The van der Waals surface area contributed by atoms with Crippen LogP contribution < -0.4 is 0 Å². The van der Waals surface area contributed by atoms with Crippen LogP contribution in [-0.2, 0) is 6.42 Å². The molecule has 94 valence electrons. The first-order valence-corrected chi connectivity index (χ1v) is 5.87. The van der Waals surface area contributed by atoms with Crippen LogP contribution in [0, 0.1) is 5.82 Å². The highest BCUT2D eigenvalue weighted by Gasteiger charge is 2.06. The van der Waals surface area contributed by atoms with Crippen molar-refractivity contribution in [1.29, 1.82) is 0 Å². The maximum atomic E-state index is 12.8. The molecule has 3 rings (SSSR count).